The number of rotatable bonds is 5. The van der Waals surface area contributed by atoms with Gasteiger partial charge in [-0.05, 0) is 31.2 Å². The first kappa shape index (κ1) is 13.1. The second-order valence-electron chi connectivity index (χ2n) is 3.95. The number of carbonyl (C=O) groups is 1. The minimum absolute atomic E-state index is 0.0649. The molecule has 0 atom stereocenters. The lowest BCUT2D eigenvalue weighted by molar-refractivity contribution is 0.101. The van der Waals surface area contributed by atoms with Gasteiger partial charge in [-0.15, -0.1) is 0 Å². The fourth-order valence-corrected chi connectivity index (χ4v) is 1.58. The van der Waals surface area contributed by atoms with Gasteiger partial charge in [0.15, 0.2) is 5.78 Å². The molecule has 19 heavy (non-hydrogen) atoms. The van der Waals surface area contributed by atoms with E-state index < -0.39 is 0 Å². The molecule has 4 nitrogen and oxygen atoms in total. The third-order valence-electron chi connectivity index (χ3n) is 2.45. The minimum Gasteiger partial charge on any atom is -0.494 e. The van der Waals surface area contributed by atoms with Crippen LogP contribution in [0.3, 0.4) is 0 Å². The molecule has 2 aromatic rings. The van der Waals surface area contributed by atoms with Gasteiger partial charge in [-0.3, -0.25) is 4.79 Å². The van der Waals surface area contributed by atoms with Crippen LogP contribution in [-0.4, -0.2) is 17.4 Å². The van der Waals surface area contributed by atoms with E-state index >= 15 is 0 Å². The van der Waals surface area contributed by atoms with Crippen molar-refractivity contribution in [3.05, 3.63) is 48.3 Å². The van der Waals surface area contributed by atoms with Gasteiger partial charge in [0.2, 0.25) is 0 Å². The van der Waals surface area contributed by atoms with Crippen LogP contribution in [0, 0.1) is 0 Å². The average Bonchev–Trinajstić information content (AvgIpc) is 2.40. The van der Waals surface area contributed by atoms with Crippen molar-refractivity contribution in [1.29, 1.82) is 0 Å². The Bertz CT molecular complexity index is 564. The van der Waals surface area contributed by atoms with Gasteiger partial charge < -0.3 is 9.47 Å². The molecule has 1 aromatic carbocycles. The number of aromatic nitrogens is 1. The van der Waals surface area contributed by atoms with Crippen LogP contribution in [0.25, 0.3) is 0 Å². The molecule has 0 N–H and O–H groups in total. The summed E-state index contributed by atoms with van der Waals surface area (Å²) in [4.78, 5) is 15.1. The molecule has 0 bridgehead atoms. The first-order valence-electron chi connectivity index (χ1n) is 6.06. The van der Waals surface area contributed by atoms with E-state index in [0.717, 1.165) is 5.75 Å². The minimum atomic E-state index is -0.0649. The molecule has 1 aromatic heterocycles. The van der Waals surface area contributed by atoms with Gasteiger partial charge in [0, 0.05) is 13.0 Å². The van der Waals surface area contributed by atoms with Gasteiger partial charge in [0.25, 0.3) is 0 Å². The summed E-state index contributed by atoms with van der Waals surface area (Å²) < 4.78 is 11.0. The van der Waals surface area contributed by atoms with Crippen molar-refractivity contribution in [1.82, 2.24) is 4.98 Å². The number of Topliss-reactive ketones (excluding diaryl/α,β-unsaturated/α-hetero) is 1. The van der Waals surface area contributed by atoms with Gasteiger partial charge >= 0.3 is 0 Å². The quantitative estimate of drug-likeness (QED) is 0.769. The maximum Gasteiger partial charge on any atom is 0.178 e. The van der Waals surface area contributed by atoms with E-state index in [1.54, 1.807) is 12.1 Å². The molecular formula is C15H15NO3. The molecule has 0 unspecified atom stereocenters. The first-order valence-corrected chi connectivity index (χ1v) is 6.06. The van der Waals surface area contributed by atoms with Crippen LogP contribution in [0.2, 0.25) is 0 Å². The Hall–Kier alpha value is -2.36. The number of hydrogen-bond acceptors (Lipinski definition) is 4. The highest BCUT2D eigenvalue weighted by Gasteiger charge is 2.03. The molecule has 1 heterocycles. The van der Waals surface area contributed by atoms with E-state index in [1.807, 2.05) is 31.2 Å². The van der Waals surface area contributed by atoms with E-state index in [1.165, 1.54) is 13.1 Å². The van der Waals surface area contributed by atoms with Crippen LogP contribution in [-0.2, 0) is 0 Å². The fraction of sp³-hybridized carbons (Fsp3) is 0.200. The van der Waals surface area contributed by atoms with Crippen LogP contribution < -0.4 is 9.47 Å². The Balaban J connectivity index is 2.12. The number of ketones is 1. The molecule has 0 aliphatic heterocycles. The number of carbonyl (C=O) groups excluding carboxylic acids is 1. The Labute approximate surface area is 112 Å². The number of nitrogens with zero attached hydrogens (tertiary/aromatic N) is 1. The van der Waals surface area contributed by atoms with Gasteiger partial charge in [-0.1, -0.05) is 6.07 Å². The Morgan fingerprint density at radius 2 is 1.95 bits per heavy atom. The maximum atomic E-state index is 11.1. The number of pyridine rings is 1. The third kappa shape index (κ3) is 3.55. The van der Waals surface area contributed by atoms with Crippen molar-refractivity contribution < 1.29 is 14.3 Å². The van der Waals surface area contributed by atoms with E-state index in [-0.39, 0.29) is 5.78 Å². The highest BCUT2D eigenvalue weighted by Crippen LogP contribution is 2.24. The van der Waals surface area contributed by atoms with Crippen LogP contribution >= 0.6 is 0 Å². The molecule has 0 fully saturated rings. The fourth-order valence-electron chi connectivity index (χ4n) is 1.58. The highest BCUT2D eigenvalue weighted by molar-refractivity contribution is 5.92. The van der Waals surface area contributed by atoms with Gasteiger partial charge in [0.1, 0.15) is 22.9 Å². The lowest BCUT2D eigenvalue weighted by Gasteiger charge is -2.08. The first-order chi connectivity index (χ1) is 9.19. The lowest BCUT2D eigenvalue weighted by atomic mass is 10.3. The second-order valence-corrected chi connectivity index (χ2v) is 3.95. The molecule has 2 rings (SSSR count). The largest absolute Gasteiger partial charge is 0.494 e. The highest BCUT2D eigenvalue weighted by atomic mass is 16.5. The van der Waals surface area contributed by atoms with E-state index in [9.17, 15) is 4.79 Å². The van der Waals surface area contributed by atoms with Gasteiger partial charge in [-0.25, -0.2) is 4.98 Å². The van der Waals surface area contributed by atoms with Gasteiger partial charge in [0.05, 0.1) is 12.8 Å². The summed E-state index contributed by atoms with van der Waals surface area (Å²) in [7, 11) is 0. The zero-order valence-electron chi connectivity index (χ0n) is 10.9. The van der Waals surface area contributed by atoms with Crippen molar-refractivity contribution in [2.75, 3.05) is 6.61 Å². The van der Waals surface area contributed by atoms with Crippen LogP contribution in [0.5, 0.6) is 17.2 Å². The Kier molecular flexibility index (Phi) is 4.13. The zero-order valence-corrected chi connectivity index (χ0v) is 10.9. The monoisotopic (exact) mass is 257 g/mol. The van der Waals surface area contributed by atoms with Crippen molar-refractivity contribution >= 4 is 5.78 Å². The molecule has 0 amide bonds. The summed E-state index contributed by atoms with van der Waals surface area (Å²) in [5.74, 6) is 1.94. The third-order valence-corrected chi connectivity index (χ3v) is 2.45. The summed E-state index contributed by atoms with van der Waals surface area (Å²) in [5, 5.41) is 0. The standard InChI is InChI=1S/C15H15NO3/c1-3-18-12-5-4-6-13(9-12)19-14-7-8-15(11(2)17)16-10-14/h4-10H,3H2,1-2H3. The topological polar surface area (TPSA) is 48.4 Å². The van der Waals surface area contributed by atoms with Gasteiger partial charge in [-0.2, -0.15) is 0 Å². The molecule has 0 spiro atoms. The summed E-state index contributed by atoms with van der Waals surface area (Å²) in [5.41, 5.74) is 0.426. The summed E-state index contributed by atoms with van der Waals surface area (Å²) in [6, 6.07) is 10.7. The average molecular weight is 257 g/mol. The molecule has 0 saturated carbocycles. The van der Waals surface area contributed by atoms with E-state index in [2.05, 4.69) is 4.98 Å². The number of ether oxygens (including phenoxy) is 2. The molecule has 4 heteroatoms. The Morgan fingerprint density at radius 1 is 1.16 bits per heavy atom. The summed E-state index contributed by atoms with van der Waals surface area (Å²) >= 11 is 0. The van der Waals surface area contributed by atoms with Crippen molar-refractivity contribution in [3.8, 4) is 17.2 Å². The Morgan fingerprint density at radius 3 is 2.58 bits per heavy atom. The van der Waals surface area contributed by atoms with E-state index in [4.69, 9.17) is 9.47 Å². The maximum absolute atomic E-state index is 11.1. The van der Waals surface area contributed by atoms with Crippen LogP contribution in [0.4, 0.5) is 0 Å². The second kappa shape index (κ2) is 6.00. The molecule has 98 valence electrons. The lowest BCUT2D eigenvalue weighted by Crippen LogP contribution is -1.96. The van der Waals surface area contributed by atoms with Crippen molar-refractivity contribution in [2.24, 2.45) is 0 Å². The van der Waals surface area contributed by atoms with Crippen molar-refractivity contribution in [2.45, 2.75) is 13.8 Å². The molecule has 0 saturated heterocycles. The summed E-state index contributed by atoms with van der Waals surface area (Å²) in [6.45, 7) is 4.02. The molecule has 0 aliphatic carbocycles. The predicted octanol–water partition coefficient (Wildman–Crippen LogP) is 3.48. The number of benzene rings is 1. The molecule has 0 radical (unpaired) electrons. The van der Waals surface area contributed by atoms with Crippen LogP contribution in [0.1, 0.15) is 24.3 Å². The predicted molar refractivity (Wildman–Crippen MR) is 71.9 cm³/mol. The molecule has 0 aliphatic rings. The number of hydrogen-bond donors (Lipinski definition) is 0. The normalized spacial score (nSPS) is 10.0. The summed E-state index contributed by atoms with van der Waals surface area (Å²) in [6.07, 6.45) is 1.53. The van der Waals surface area contributed by atoms with Crippen LogP contribution in [0.15, 0.2) is 42.6 Å². The smallest absolute Gasteiger partial charge is 0.178 e. The van der Waals surface area contributed by atoms with E-state index in [0.29, 0.717) is 23.8 Å². The zero-order chi connectivity index (χ0) is 13.7. The SMILES string of the molecule is CCOc1cccc(Oc2ccc(C(C)=O)nc2)c1. The van der Waals surface area contributed by atoms with Crippen molar-refractivity contribution in [3.63, 3.8) is 0 Å². The molecular weight excluding hydrogens is 242 g/mol.